The van der Waals surface area contributed by atoms with Gasteiger partial charge in [0.1, 0.15) is 11.6 Å². The largest absolute Gasteiger partial charge is 0.325 e. The fraction of sp³-hybridized carbons (Fsp3) is 0.452. The number of benzene rings is 2. The van der Waals surface area contributed by atoms with Crippen molar-refractivity contribution in [2.24, 2.45) is 0 Å². The van der Waals surface area contributed by atoms with Gasteiger partial charge >= 0.3 is 0 Å². The predicted octanol–water partition coefficient (Wildman–Crippen LogP) is 4.76. The van der Waals surface area contributed by atoms with Gasteiger partial charge in [0.05, 0.1) is 12.2 Å². The molecule has 1 fully saturated rings. The Hall–Kier alpha value is -3.29. The number of fused-ring (bicyclic) bond motifs is 3. The summed E-state index contributed by atoms with van der Waals surface area (Å²) < 4.78 is 2.24. The van der Waals surface area contributed by atoms with Crippen LogP contribution in [-0.2, 0) is 24.1 Å². The van der Waals surface area contributed by atoms with Crippen molar-refractivity contribution in [3.63, 3.8) is 0 Å². The highest BCUT2D eigenvalue weighted by molar-refractivity contribution is 5.92. The van der Waals surface area contributed by atoms with E-state index < -0.39 is 0 Å². The predicted molar refractivity (Wildman–Crippen MR) is 154 cm³/mol. The molecule has 1 aromatic heterocycles. The molecule has 1 N–H and O–H groups in total. The van der Waals surface area contributed by atoms with Gasteiger partial charge < -0.3 is 5.32 Å². The van der Waals surface area contributed by atoms with Gasteiger partial charge in [0.25, 0.3) is 0 Å². The Morgan fingerprint density at radius 1 is 0.947 bits per heavy atom. The van der Waals surface area contributed by atoms with Gasteiger partial charge in [-0.15, -0.1) is 10.2 Å². The van der Waals surface area contributed by atoms with Crippen LogP contribution in [0.5, 0.6) is 0 Å². The zero-order valence-electron chi connectivity index (χ0n) is 22.6. The standard InChI is InChI=1S/C31H40N6O/c1-2-3-4-8-13-29-33-34-30-17-14-26-23-27(15-16-28(26)37(29)30)32-31(38)24-36-21-19-35(20-22-36)18-9-12-25-10-6-5-7-11-25/h5-7,9-12,15-16,23H,2-4,8,13-14,17-22,24H2,1H3,(H,32,38)/b12-9+. The first-order valence-corrected chi connectivity index (χ1v) is 14.2. The zero-order valence-corrected chi connectivity index (χ0v) is 22.6. The molecule has 0 unspecified atom stereocenters. The molecule has 2 aliphatic rings. The number of hydrogen-bond donors (Lipinski definition) is 1. The van der Waals surface area contributed by atoms with Crippen molar-refractivity contribution >= 4 is 17.7 Å². The number of carbonyl (C=O) groups excluding carboxylic acids is 1. The maximum Gasteiger partial charge on any atom is 0.238 e. The van der Waals surface area contributed by atoms with Gasteiger partial charge in [0, 0.05) is 51.3 Å². The number of aryl methyl sites for hydroxylation is 3. The summed E-state index contributed by atoms with van der Waals surface area (Å²) in [4.78, 5) is 17.5. The average molecular weight is 513 g/mol. The number of nitrogens with one attached hydrogen (secondary N) is 1. The van der Waals surface area contributed by atoms with Crippen molar-refractivity contribution in [1.82, 2.24) is 24.6 Å². The molecule has 0 radical (unpaired) electrons. The molecule has 7 heteroatoms. The summed E-state index contributed by atoms with van der Waals surface area (Å²) in [5.74, 6) is 2.16. The Labute approximate surface area is 226 Å². The molecule has 0 bridgehead atoms. The maximum absolute atomic E-state index is 12.8. The average Bonchev–Trinajstić information content (AvgIpc) is 3.36. The summed E-state index contributed by atoms with van der Waals surface area (Å²) in [6.45, 7) is 7.39. The molecule has 2 aromatic carbocycles. The first-order chi connectivity index (χ1) is 18.7. The number of hydrogen-bond acceptors (Lipinski definition) is 5. The Bertz CT molecular complexity index is 1230. The Balaban J connectivity index is 1.10. The highest BCUT2D eigenvalue weighted by atomic mass is 16.2. The van der Waals surface area contributed by atoms with E-state index in [1.807, 2.05) is 12.1 Å². The maximum atomic E-state index is 12.8. The first kappa shape index (κ1) is 26.3. The van der Waals surface area contributed by atoms with Crippen molar-refractivity contribution in [2.75, 3.05) is 44.6 Å². The van der Waals surface area contributed by atoms with E-state index in [1.54, 1.807) is 0 Å². The Morgan fingerprint density at radius 2 is 1.76 bits per heavy atom. The summed E-state index contributed by atoms with van der Waals surface area (Å²) in [5, 5.41) is 12.1. The van der Waals surface area contributed by atoms with Crippen molar-refractivity contribution in [2.45, 2.75) is 51.9 Å². The van der Waals surface area contributed by atoms with Crippen LogP contribution in [0.1, 0.15) is 55.4 Å². The Kier molecular flexibility index (Phi) is 8.99. The van der Waals surface area contributed by atoms with E-state index in [9.17, 15) is 4.79 Å². The van der Waals surface area contributed by atoms with E-state index in [2.05, 4.69) is 85.4 Å². The molecule has 0 atom stereocenters. The molecule has 1 amide bonds. The molecule has 7 nitrogen and oxygen atoms in total. The fourth-order valence-electron chi connectivity index (χ4n) is 5.43. The summed E-state index contributed by atoms with van der Waals surface area (Å²) in [7, 11) is 0. The smallest absolute Gasteiger partial charge is 0.238 e. The molecular weight excluding hydrogens is 472 g/mol. The van der Waals surface area contributed by atoms with Gasteiger partial charge in [-0.05, 0) is 42.2 Å². The van der Waals surface area contributed by atoms with Crippen LogP contribution in [0.3, 0.4) is 0 Å². The van der Waals surface area contributed by atoms with Crippen LogP contribution in [0.25, 0.3) is 11.8 Å². The van der Waals surface area contributed by atoms with Gasteiger partial charge in [-0.2, -0.15) is 0 Å². The number of anilines is 1. The van der Waals surface area contributed by atoms with E-state index in [4.69, 9.17) is 0 Å². The summed E-state index contributed by atoms with van der Waals surface area (Å²) in [5.41, 5.74) is 4.52. The molecule has 3 heterocycles. The van der Waals surface area contributed by atoms with E-state index in [0.717, 1.165) is 81.4 Å². The minimum atomic E-state index is 0.0554. The van der Waals surface area contributed by atoms with E-state index >= 15 is 0 Å². The van der Waals surface area contributed by atoms with Crippen LogP contribution in [0.15, 0.2) is 54.6 Å². The number of aromatic nitrogens is 3. The minimum absolute atomic E-state index is 0.0554. The van der Waals surface area contributed by atoms with Crippen LogP contribution in [-0.4, -0.2) is 69.7 Å². The number of unbranched alkanes of at least 4 members (excludes halogenated alkanes) is 3. The molecular formula is C31H40N6O. The van der Waals surface area contributed by atoms with Crippen molar-refractivity contribution in [3.8, 4) is 5.69 Å². The highest BCUT2D eigenvalue weighted by Crippen LogP contribution is 2.28. The fourth-order valence-corrected chi connectivity index (χ4v) is 5.43. The van der Waals surface area contributed by atoms with Crippen LogP contribution < -0.4 is 5.32 Å². The van der Waals surface area contributed by atoms with Gasteiger partial charge in [-0.25, -0.2) is 0 Å². The molecule has 0 aliphatic carbocycles. The quantitative estimate of drug-likeness (QED) is 0.375. The lowest BCUT2D eigenvalue weighted by molar-refractivity contribution is -0.117. The lowest BCUT2D eigenvalue weighted by Gasteiger charge is -2.33. The summed E-state index contributed by atoms with van der Waals surface area (Å²) in [6.07, 6.45) is 12.1. The van der Waals surface area contributed by atoms with Crippen LogP contribution in [0.4, 0.5) is 5.69 Å². The van der Waals surface area contributed by atoms with E-state index in [1.165, 1.54) is 30.4 Å². The van der Waals surface area contributed by atoms with E-state index in [0.29, 0.717) is 6.54 Å². The topological polar surface area (TPSA) is 66.3 Å². The lowest BCUT2D eigenvalue weighted by Crippen LogP contribution is -2.48. The van der Waals surface area contributed by atoms with E-state index in [-0.39, 0.29) is 5.91 Å². The molecule has 3 aromatic rings. The van der Waals surface area contributed by atoms with Gasteiger partial charge in [-0.1, -0.05) is 68.7 Å². The molecule has 2 aliphatic heterocycles. The summed E-state index contributed by atoms with van der Waals surface area (Å²) >= 11 is 0. The van der Waals surface area contributed by atoms with Crippen molar-refractivity contribution in [3.05, 3.63) is 77.4 Å². The first-order valence-electron chi connectivity index (χ1n) is 14.2. The van der Waals surface area contributed by atoms with Crippen molar-refractivity contribution in [1.29, 1.82) is 0 Å². The monoisotopic (exact) mass is 512 g/mol. The number of carbonyl (C=O) groups is 1. The summed E-state index contributed by atoms with van der Waals surface area (Å²) in [6, 6.07) is 16.7. The third-order valence-electron chi connectivity index (χ3n) is 7.58. The van der Waals surface area contributed by atoms with Gasteiger partial charge in [0.2, 0.25) is 5.91 Å². The molecule has 200 valence electrons. The normalized spacial score (nSPS) is 15.9. The number of piperazine rings is 1. The number of nitrogens with zero attached hydrogens (tertiary/aromatic N) is 5. The molecule has 1 saturated heterocycles. The SMILES string of the molecule is CCCCCCc1nnc2n1-c1ccc(NC(=O)CN3CCN(C/C=C/c4ccccc4)CC3)cc1CC2. The van der Waals surface area contributed by atoms with Crippen LogP contribution >= 0.6 is 0 Å². The number of rotatable bonds is 11. The third-order valence-corrected chi connectivity index (χ3v) is 7.58. The van der Waals surface area contributed by atoms with Gasteiger partial charge in [-0.3, -0.25) is 19.2 Å². The number of amides is 1. The van der Waals surface area contributed by atoms with Crippen LogP contribution in [0.2, 0.25) is 0 Å². The van der Waals surface area contributed by atoms with Crippen molar-refractivity contribution < 1.29 is 4.79 Å². The minimum Gasteiger partial charge on any atom is -0.325 e. The zero-order chi connectivity index (χ0) is 26.2. The third kappa shape index (κ3) is 6.77. The molecule has 5 rings (SSSR count). The second-order valence-electron chi connectivity index (χ2n) is 10.5. The lowest BCUT2D eigenvalue weighted by atomic mass is 10.0. The molecule has 38 heavy (non-hydrogen) atoms. The highest BCUT2D eigenvalue weighted by Gasteiger charge is 2.22. The van der Waals surface area contributed by atoms with Crippen LogP contribution in [0, 0.1) is 0 Å². The Morgan fingerprint density at radius 3 is 2.58 bits per heavy atom. The second kappa shape index (κ2) is 13.0. The second-order valence-corrected chi connectivity index (χ2v) is 10.5. The molecule has 0 saturated carbocycles. The molecule has 0 spiro atoms. The van der Waals surface area contributed by atoms with Gasteiger partial charge in [0.15, 0.2) is 0 Å².